The van der Waals surface area contributed by atoms with E-state index in [1.807, 2.05) is 0 Å². The highest BCUT2D eigenvalue weighted by Gasteiger charge is 2.31. The van der Waals surface area contributed by atoms with Gasteiger partial charge in [0, 0.05) is 12.1 Å². The third-order valence-electron chi connectivity index (χ3n) is 5.46. The van der Waals surface area contributed by atoms with Gasteiger partial charge in [-0.2, -0.15) is 0 Å². The first-order valence-corrected chi connectivity index (χ1v) is 9.85. The van der Waals surface area contributed by atoms with Crippen molar-refractivity contribution in [2.24, 2.45) is 0 Å². The van der Waals surface area contributed by atoms with Gasteiger partial charge in [-0.05, 0) is 59.3 Å². The molecule has 0 aromatic heterocycles. The van der Waals surface area contributed by atoms with Crippen LogP contribution in [0.4, 0.5) is 0 Å². The average Bonchev–Trinajstić information content (AvgIpc) is 2.56. The molecule has 0 radical (unpaired) electrons. The summed E-state index contributed by atoms with van der Waals surface area (Å²) < 4.78 is 0. The Labute approximate surface area is 143 Å². The highest BCUT2D eigenvalue weighted by atomic mass is 16.2. The van der Waals surface area contributed by atoms with E-state index < -0.39 is 0 Å². The quantitative estimate of drug-likeness (QED) is 0.698. The molecule has 2 fully saturated rings. The standard InChI is InChI=1S/C19H37N3O/c1-21(2)15-9-14-20-16-19(23)22(17-10-5-3-6-11-17)18-12-7-4-8-13-18/h17-18,20H,3-16H2,1-2H3. The van der Waals surface area contributed by atoms with Gasteiger partial charge in [0.2, 0.25) is 5.91 Å². The van der Waals surface area contributed by atoms with Crippen molar-refractivity contribution >= 4 is 5.91 Å². The summed E-state index contributed by atoms with van der Waals surface area (Å²) in [7, 11) is 4.19. The van der Waals surface area contributed by atoms with Crippen LogP contribution in [-0.2, 0) is 4.79 Å². The van der Waals surface area contributed by atoms with Crippen molar-refractivity contribution < 1.29 is 4.79 Å². The predicted octanol–water partition coefficient (Wildman–Crippen LogP) is 3.02. The van der Waals surface area contributed by atoms with Crippen LogP contribution in [-0.4, -0.2) is 61.5 Å². The van der Waals surface area contributed by atoms with Crippen molar-refractivity contribution in [1.82, 2.24) is 15.1 Å². The second-order valence-corrected chi connectivity index (χ2v) is 7.72. The fourth-order valence-corrected chi connectivity index (χ4v) is 4.23. The zero-order valence-electron chi connectivity index (χ0n) is 15.4. The summed E-state index contributed by atoms with van der Waals surface area (Å²) in [6.07, 6.45) is 13.9. The topological polar surface area (TPSA) is 35.6 Å². The molecule has 23 heavy (non-hydrogen) atoms. The molecule has 2 aliphatic rings. The Morgan fingerprint density at radius 1 is 0.913 bits per heavy atom. The summed E-state index contributed by atoms with van der Waals surface area (Å²) in [6, 6.07) is 1.03. The zero-order chi connectivity index (χ0) is 16.5. The second kappa shape index (κ2) is 10.3. The maximum Gasteiger partial charge on any atom is 0.237 e. The summed E-state index contributed by atoms with van der Waals surface area (Å²) in [4.78, 5) is 17.4. The zero-order valence-corrected chi connectivity index (χ0v) is 15.4. The van der Waals surface area contributed by atoms with Gasteiger partial charge in [0.15, 0.2) is 0 Å². The molecule has 134 valence electrons. The van der Waals surface area contributed by atoms with Gasteiger partial charge < -0.3 is 15.1 Å². The molecule has 0 heterocycles. The Bertz CT molecular complexity index is 316. The molecule has 2 aliphatic carbocycles. The molecule has 0 bridgehead atoms. The normalized spacial score (nSPS) is 20.8. The van der Waals surface area contributed by atoms with Gasteiger partial charge in [-0.1, -0.05) is 38.5 Å². The van der Waals surface area contributed by atoms with Crippen LogP contribution in [0.25, 0.3) is 0 Å². The molecule has 0 atom stereocenters. The SMILES string of the molecule is CN(C)CCCNCC(=O)N(C1CCCCC1)C1CCCCC1. The number of carbonyl (C=O) groups is 1. The lowest BCUT2D eigenvalue weighted by Crippen LogP contribution is -2.51. The number of nitrogens with one attached hydrogen (secondary N) is 1. The van der Waals surface area contributed by atoms with E-state index >= 15 is 0 Å². The molecular weight excluding hydrogens is 286 g/mol. The fourth-order valence-electron chi connectivity index (χ4n) is 4.23. The number of hydrogen-bond donors (Lipinski definition) is 1. The smallest absolute Gasteiger partial charge is 0.237 e. The maximum atomic E-state index is 12.9. The van der Waals surface area contributed by atoms with Crippen LogP contribution in [0, 0.1) is 0 Å². The van der Waals surface area contributed by atoms with E-state index in [1.165, 1.54) is 64.2 Å². The number of amides is 1. The van der Waals surface area contributed by atoms with Crippen LogP contribution in [0.1, 0.15) is 70.6 Å². The van der Waals surface area contributed by atoms with E-state index in [9.17, 15) is 4.79 Å². The lowest BCUT2D eigenvalue weighted by Gasteiger charge is -2.42. The van der Waals surface area contributed by atoms with Gasteiger partial charge in [-0.25, -0.2) is 0 Å². The lowest BCUT2D eigenvalue weighted by atomic mass is 9.88. The fraction of sp³-hybridized carbons (Fsp3) is 0.947. The highest BCUT2D eigenvalue weighted by molar-refractivity contribution is 5.79. The predicted molar refractivity (Wildman–Crippen MR) is 96.6 cm³/mol. The molecule has 0 aromatic rings. The average molecular weight is 324 g/mol. The minimum atomic E-state index is 0.355. The summed E-state index contributed by atoms with van der Waals surface area (Å²) in [5, 5.41) is 3.38. The monoisotopic (exact) mass is 323 g/mol. The first-order chi connectivity index (χ1) is 11.2. The minimum Gasteiger partial charge on any atom is -0.336 e. The first-order valence-electron chi connectivity index (χ1n) is 9.85. The van der Waals surface area contributed by atoms with Crippen molar-refractivity contribution in [3.63, 3.8) is 0 Å². The molecule has 0 unspecified atom stereocenters. The largest absolute Gasteiger partial charge is 0.336 e. The first kappa shape index (κ1) is 18.7. The number of rotatable bonds is 8. The van der Waals surface area contributed by atoms with Crippen molar-refractivity contribution in [1.29, 1.82) is 0 Å². The van der Waals surface area contributed by atoms with E-state index in [0.717, 1.165) is 19.5 Å². The summed E-state index contributed by atoms with van der Waals surface area (Å²) >= 11 is 0. The summed E-state index contributed by atoms with van der Waals surface area (Å²) in [6.45, 7) is 2.55. The highest BCUT2D eigenvalue weighted by Crippen LogP contribution is 2.30. The molecule has 4 heteroatoms. The molecule has 0 aliphatic heterocycles. The van der Waals surface area contributed by atoms with Gasteiger partial charge in [-0.3, -0.25) is 4.79 Å². The molecule has 1 amide bonds. The van der Waals surface area contributed by atoms with Crippen LogP contribution in [0.2, 0.25) is 0 Å². The lowest BCUT2D eigenvalue weighted by molar-refractivity contribution is -0.137. The molecule has 0 saturated heterocycles. The number of carbonyl (C=O) groups excluding carboxylic acids is 1. The molecule has 0 aromatic carbocycles. The molecule has 2 saturated carbocycles. The van der Waals surface area contributed by atoms with E-state index in [-0.39, 0.29) is 0 Å². The molecule has 1 N–H and O–H groups in total. The van der Waals surface area contributed by atoms with E-state index in [1.54, 1.807) is 0 Å². The van der Waals surface area contributed by atoms with Gasteiger partial charge in [-0.15, -0.1) is 0 Å². The summed E-state index contributed by atoms with van der Waals surface area (Å²) in [5.74, 6) is 0.355. The third kappa shape index (κ3) is 6.42. The molecular formula is C19H37N3O. The Morgan fingerprint density at radius 2 is 1.43 bits per heavy atom. The Kier molecular flexibility index (Phi) is 8.38. The van der Waals surface area contributed by atoms with Crippen molar-refractivity contribution in [2.45, 2.75) is 82.7 Å². The Balaban J connectivity index is 1.83. The molecule has 0 spiro atoms. The van der Waals surface area contributed by atoms with Crippen LogP contribution in [0.3, 0.4) is 0 Å². The van der Waals surface area contributed by atoms with Crippen LogP contribution < -0.4 is 5.32 Å². The number of hydrogen-bond acceptors (Lipinski definition) is 3. The van der Waals surface area contributed by atoms with Crippen molar-refractivity contribution in [2.75, 3.05) is 33.7 Å². The van der Waals surface area contributed by atoms with Crippen LogP contribution in [0.5, 0.6) is 0 Å². The van der Waals surface area contributed by atoms with Crippen molar-refractivity contribution in [3.05, 3.63) is 0 Å². The Morgan fingerprint density at radius 3 is 1.91 bits per heavy atom. The van der Waals surface area contributed by atoms with Gasteiger partial charge in [0.1, 0.15) is 0 Å². The van der Waals surface area contributed by atoms with E-state index in [0.29, 0.717) is 24.5 Å². The van der Waals surface area contributed by atoms with Gasteiger partial charge >= 0.3 is 0 Å². The minimum absolute atomic E-state index is 0.355. The van der Waals surface area contributed by atoms with Gasteiger partial charge in [0.05, 0.1) is 6.54 Å². The molecule has 4 nitrogen and oxygen atoms in total. The third-order valence-corrected chi connectivity index (χ3v) is 5.46. The van der Waals surface area contributed by atoms with Crippen LogP contribution >= 0.6 is 0 Å². The van der Waals surface area contributed by atoms with Gasteiger partial charge in [0.25, 0.3) is 0 Å². The summed E-state index contributed by atoms with van der Waals surface area (Å²) in [5.41, 5.74) is 0. The van der Waals surface area contributed by atoms with Crippen molar-refractivity contribution in [3.8, 4) is 0 Å². The van der Waals surface area contributed by atoms with E-state index in [2.05, 4.69) is 29.2 Å². The second-order valence-electron chi connectivity index (χ2n) is 7.72. The maximum absolute atomic E-state index is 12.9. The Hall–Kier alpha value is -0.610. The van der Waals surface area contributed by atoms with Crippen LogP contribution in [0.15, 0.2) is 0 Å². The number of nitrogens with zero attached hydrogens (tertiary/aromatic N) is 2. The molecule has 2 rings (SSSR count). The van der Waals surface area contributed by atoms with E-state index in [4.69, 9.17) is 0 Å².